The van der Waals surface area contributed by atoms with Gasteiger partial charge >= 0.3 is 0 Å². The molecule has 332 valence electrons. The van der Waals surface area contributed by atoms with Crippen LogP contribution in [0.4, 0.5) is 0 Å². The number of hydrogen-bond acceptors (Lipinski definition) is 8. The maximum absolute atomic E-state index is 15.4. The van der Waals surface area contributed by atoms with Gasteiger partial charge in [-0.25, -0.2) is 8.42 Å². The second-order valence-corrected chi connectivity index (χ2v) is 24.8. The number of piperidine rings is 1. The molecule has 2 aliphatic heterocycles. The van der Waals surface area contributed by atoms with Gasteiger partial charge in [0.1, 0.15) is 0 Å². The van der Waals surface area contributed by atoms with E-state index in [1.54, 1.807) is 11.8 Å². The third kappa shape index (κ3) is 7.45. The predicted molar refractivity (Wildman–Crippen MR) is 228 cm³/mol. The van der Waals surface area contributed by atoms with Crippen LogP contribution in [0.1, 0.15) is 178 Å². The van der Waals surface area contributed by atoms with Crippen molar-refractivity contribution < 1.29 is 32.4 Å². The molecule has 7 aliphatic rings. The van der Waals surface area contributed by atoms with Crippen LogP contribution in [-0.2, 0) is 34.0 Å². The number of carbonyl (C=O) groups is 5. The van der Waals surface area contributed by atoms with E-state index in [0.29, 0.717) is 38.6 Å². The Morgan fingerprint density at radius 1 is 0.814 bits per heavy atom. The molecule has 7 atom stereocenters. The highest BCUT2D eigenvalue weighted by atomic mass is 32.2. The number of nitrogens with one attached hydrogen (secondary N) is 2. The molecule has 7 rings (SSSR count). The topological polar surface area (TPSA) is 150 Å². The van der Waals surface area contributed by atoms with E-state index in [9.17, 15) is 27.6 Å². The van der Waals surface area contributed by atoms with E-state index < -0.39 is 49.5 Å². The van der Waals surface area contributed by atoms with Crippen LogP contribution < -0.4 is 10.0 Å². The molecule has 5 aliphatic carbocycles. The summed E-state index contributed by atoms with van der Waals surface area (Å²) >= 11 is 0. The maximum Gasteiger partial charge on any atom is 0.240 e. The molecule has 2 spiro atoms. The first-order chi connectivity index (χ1) is 27.5. The minimum absolute atomic E-state index is 0.0147. The van der Waals surface area contributed by atoms with Crippen LogP contribution in [0.3, 0.4) is 0 Å². The highest BCUT2D eigenvalue weighted by Gasteiger charge is 2.85. The summed E-state index contributed by atoms with van der Waals surface area (Å²) in [6.07, 6.45) is 13.4. The van der Waals surface area contributed by atoms with Gasteiger partial charge in [0.15, 0.2) is 11.6 Å². The summed E-state index contributed by atoms with van der Waals surface area (Å²) in [5.74, 6) is -1.98. The zero-order chi connectivity index (χ0) is 43.1. The van der Waals surface area contributed by atoms with E-state index >= 15 is 4.79 Å². The van der Waals surface area contributed by atoms with Gasteiger partial charge in [-0.3, -0.25) is 33.6 Å². The molecule has 0 aromatic rings. The first kappa shape index (κ1) is 44.7. The average molecular weight is 841 g/mol. The Labute approximate surface area is 355 Å². The number of ketones is 2. The van der Waals surface area contributed by atoms with E-state index in [-0.39, 0.29) is 76.4 Å². The molecule has 0 aromatic carbocycles. The van der Waals surface area contributed by atoms with Crippen molar-refractivity contribution in [1.82, 2.24) is 19.8 Å². The lowest BCUT2D eigenvalue weighted by atomic mass is 9.73. The van der Waals surface area contributed by atoms with Crippen molar-refractivity contribution in [2.75, 3.05) is 13.1 Å². The Balaban J connectivity index is 1.16. The van der Waals surface area contributed by atoms with Crippen LogP contribution >= 0.6 is 0 Å². The Morgan fingerprint density at radius 2 is 1.46 bits per heavy atom. The van der Waals surface area contributed by atoms with Gasteiger partial charge in [-0.1, -0.05) is 80.1 Å². The van der Waals surface area contributed by atoms with Gasteiger partial charge in [0.05, 0.1) is 28.3 Å². The summed E-state index contributed by atoms with van der Waals surface area (Å²) in [5, 5.41) is 3.29. The number of hydrogen-bond donors (Lipinski definition) is 2. The molecular weight excluding hydrogens is 765 g/mol. The van der Waals surface area contributed by atoms with Crippen LogP contribution in [-0.4, -0.2) is 89.5 Å². The number of sulfonamides is 1. The SMILES string of the molecule is CC[C@@H]1C[C@]1(CC(=O)C1C[C@@]2(CN1C(=O)[C@@H](CC(=O)[C@@H](NC(=O)[C@@H]1CCCCN1C(C)C)C1CCCCC1)C(C)(C)C)C(C)(C)C21CCC1)C(=O)NS(=O)(=O)C1(C)CC1. The van der Waals surface area contributed by atoms with Crippen molar-refractivity contribution in [2.45, 2.75) is 207 Å². The monoisotopic (exact) mass is 841 g/mol. The van der Waals surface area contributed by atoms with Gasteiger partial charge in [-0.15, -0.1) is 0 Å². The van der Waals surface area contributed by atoms with E-state index in [0.717, 1.165) is 77.2 Å². The van der Waals surface area contributed by atoms with E-state index in [2.05, 4.69) is 42.6 Å². The molecule has 2 heterocycles. The molecule has 0 radical (unpaired) electrons. The second-order valence-electron chi connectivity index (χ2n) is 22.6. The summed E-state index contributed by atoms with van der Waals surface area (Å²) in [5.41, 5.74) is -2.01. The smallest absolute Gasteiger partial charge is 0.240 e. The Hall–Kier alpha value is -2.34. The van der Waals surface area contributed by atoms with Crippen LogP contribution in [0.2, 0.25) is 0 Å². The molecule has 5 saturated carbocycles. The molecule has 7 fully saturated rings. The highest BCUT2D eigenvalue weighted by molar-refractivity contribution is 7.91. The van der Waals surface area contributed by atoms with Crippen LogP contribution in [0.5, 0.6) is 0 Å². The molecular formula is C47H76N4O7S. The van der Waals surface area contributed by atoms with Crippen LogP contribution in [0.15, 0.2) is 0 Å². The largest absolute Gasteiger partial charge is 0.345 e. The lowest BCUT2D eigenvalue weighted by Gasteiger charge is -2.40. The standard InChI is InChI=1S/C47H76N4O7S/c1-10-32-26-45(32,41(56)49-59(57,58)44(9)22-23-44)28-37(53)35-27-47(43(7,8)46(47)20-16-21-46)29-51(35)40(55)33(42(4,5)6)25-36(52)38(31-17-12-11-13-18-31)48-39(54)34-19-14-15-24-50(34)30(2)3/h30-35,38H,10-29H2,1-9H3,(H,48,54)(H,49,56)/t32-,33-,34+,35?,38+,45-,47-/m1/s1. The van der Waals surface area contributed by atoms with Crippen LogP contribution in [0.25, 0.3) is 0 Å². The Bertz CT molecular complexity index is 1800. The van der Waals surface area contributed by atoms with Crippen molar-refractivity contribution in [3.63, 3.8) is 0 Å². The Morgan fingerprint density at radius 3 is 1.98 bits per heavy atom. The Kier molecular flexibility index (Phi) is 11.7. The molecule has 3 amide bonds. The van der Waals surface area contributed by atoms with Crippen molar-refractivity contribution in [2.24, 2.45) is 44.8 Å². The molecule has 0 aromatic heterocycles. The summed E-state index contributed by atoms with van der Waals surface area (Å²) in [6, 6.07) is -1.50. The number of amides is 3. The lowest BCUT2D eigenvalue weighted by Crippen LogP contribution is -2.57. The fourth-order valence-electron chi connectivity index (χ4n) is 13.2. The number of Topliss-reactive ketones (excluding diaryl/α,β-unsaturated/α-hetero) is 2. The molecule has 12 heteroatoms. The minimum Gasteiger partial charge on any atom is -0.345 e. The molecule has 0 bridgehead atoms. The molecule has 11 nitrogen and oxygen atoms in total. The van der Waals surface area contributed by atoms with Gasteiger partial charge < -0.3 is 10.2 Å². The zero-order valence-electron chi connectivity index (χ0n) is 37.8. The van der Waals surface area contributed by atoms with Crippen molar-refractivity contribution in [3.8, 4) is 0 Å². The number of fused-ring (bicyclic) bond motifs is 1. The maximum atomic E-state index is 15.4. The third-order valence-corrected chi connectivity index (χ3v) is 20.1. The van der Waals surface area contributed by atoms with Gasteiger partial charge in [0, 0.05) is 36.8 Å². The summed E-state index contributed by atoms with van der Waals surface area (Å²) in [7, 11) is -3.89. The second kappa shape index (κ2) is 15.5. The van der Waals surface area contributed by atoms with Gasteiger partial charge in [-0.05, 0) is 120 Å². The quantitative estimate of drug-likeness (QED) is 0.177. The van der Waals surface area contributed by atoms with Crippen molar-refractivity contribution in [1.29, 1.82) is 0 Å². The lowest BCUT2D eigenvalue weighted by molar-refractivity contribution is -0.147. The van der Waals surface area contributed by atoms with Gasteiger partial charge in [0.25, 0.3) is 0 Å². The zero-order valence-corrected chi connectivity index (χ0v) is 38.7. The highest BCUT2D eigenvalue weighted by Crippen LogP contribution is 2.88. The van der Waals surface area contributed by atoms with Crippen molar-refractivity contribution in [3.05, 3.63) is 0 Å². The summed E-state index contributed by atoms with van der Waals surface area (Å²) in [6.45, 7) is 19.7. The third-order valence-electron chi connectivity index (χ3n) is 18.0. The number of rotatable bonds is 15. The summed E-state index contributed by atoms with van der Waals surface area (Å²) < 4.78 is 27.9. The van der Waals surface area contributed by atoms with Crippen molar-refractivity contribution >= 4 is 39.3 Å². The van der Waals surface area contributed by atoms with E-state index in [1.807, 2.05) is 27.7 Å². The predicted octanol–water partition coefficient (Wildman–Crippen LogP) is 7.11. The fraction of sp³-hybridized carbons (Fsp3) is 0.894. The first-order valence-electron chi connectivity index (χ1n) is 23.5. The molecule has 2 saturated heterocycles. The first-order valence-corrected chi connectivity index (χ1v) is 25.0. The van der Waals surface area contributed by atoms with Crippen LogP contribution in [0, 0.1) is 44.8 Å². The molecule has 59 heavy (non-hydrogen) atoms. The molecule has 2 N–H and O–H groups in total. The number of likely N-dealkylation sites (tertiary alicyclic amines) is 2. The fourth-order valence-corrected chi connectivity index (χ4v) is 14.5. The average Bonchev–Trinajstić information content (AvgIpc) is 4.09. The van der Waals surface area contributed by atoms with Gasteiger partial charge in [-0.2, -0.15) is 0 Å². The van der Waals surface area contributed by atoms with E-state index in [4.69, 9.17) is 0 Å². The van der Waals surface area contributed by atoms with Gasteiger partial charge in [0.2, 0.25) is 27.7 Å². The normalized spacial score (nSPS) is 33.3. The number of carbonyl (C=O) groups excluding carboxylic acids is 5. The minimum atomic E-state index is -3.89. The van der Waals surface area contributed by atoms with E-state index in [1.165, 1.54) is 0 Å². The summed E-state index contributed by atoms with van der Waals surface area (Å²) in [4.78, 5) is 77.2. The number of nitrogens with zero attached hydrogens (tertiary/aromatic N) is 2. The molecule has 1 unspecified atom stereocenters.